The first-order chi connectivity index (χ1) is 12.1. The van der Waals surface area contributed by atoms with E-state index in [2.05, 4.69) is 20.4 Å². The van der Waals surface area contributed by atoms with Crippen LogP contribution in [0.1, 0.15) is 17.0 Å². The number of hydrogen-bond donors (Lipinski definition) is 1. The molecule has 0 saturated heterocycles. The maximum atomic E-state index is 12.5. The summed E-state index contributed by atoms with van der Waals surface area (Å²) < 4.78 is 1.79. The minimum absolute atomic E-state index is 0.222. The highest BCUT2D eigenvalue weighted by Crippen LogP contribution is 2.14. The number of nitrogens with zero attached hydrogens (tertiary/aromatic N) is 5. The number of carbonyl (C=O) groups excluding carboxylic acids is 1. The molecule has 7 nitrogen and oxygen atoms in total. The van der Waals surface area contributed by atoms with E-state index in [1.807, 2.05) is 43.3 Å². The molecule has 25 heavy (non-hydrogen) atoms. The van der Waals surface area contributed by atoms with Crippen molar-refractivity contribution in [2.24, 2.45) is 0 Å². The van der Waals surface area contributed by atoms with Crippen molar-refractivity contribution in [1.29, 1.82) is 0 Å². The SMILES string of the molecule is Cc1cc(NC(=O)N(C)Cc2cnccn2)n(Cc2ccccc2)n1. The molecule has 128 valence electrons. The largest absolute Gasteiger partial charge is 0.323 e. The van der Waals surface area contributed by atoms with Gasteiger partial charge in [-0.15, -0.1) is 0 Å². The fourth-order valence-corrected chi connectivity index (χ4v) is 2.45. The molecule has 7 heteroatoms. The molecule has 0 aliphatic carbocycles. The number of carbonyl (C=O) groups is 1. The predicted octanol–water partition coefficient (Wildman–Crippen LogP) is 2.69. The lowest BCUT2D eigenvalue weighted by molar-refractivity contribution is 0.220. The summed E-state index contributed by atoms with van der Waals surface area (Å²) in [6, 6.07) is 11.6. The molecule has 3 aromatic rings. The summed E-state index contributed by atoms with van der Waals surface area (Å²) in [5, 5.41) is 7.37. The van der Waals surface area contributed by atoms with Crippen molar-refractivity contribution in [2.75, 3.05) is 12.4 Å². The monoisotopic (exact) mass is 336 g/mol. The smallest absolute Gasteiger partial charge is 0.322 e. The first kappa shape index (κ1) is 16.6. The Morgan fingerprint density at radius 1 is 1.24 bits per heavy atom. The lowest BCUT2D eigenvalue weighted by Crippen LogP contribution is -2.32. The van der Waals surface area contributed by atoms with Crippen molar-refractivity contribution in [3.05, 3.63) is 71.9 Å². The van der Waals surface area contributed by atoms with Crippen molar-refractivity contribution < 1.29 is 4.79 Å². The van der Waals surface area contributed by atoms with Gasteiger partial charge < -0.3 is 4.90 Å². The Balaban J connectivity index is 1.68. The van der Waals surface area contributed by atoms with Gasteiger partial charge in [0.2, 0.25) is 0 Å². The van der Waals surface area contributed by atoms with Crippen LogP contribution in [0.3, 0.4) is 0 Å². The van der Waals surface area contributed by atoms with Crippen LogP contribution in [0, 0.1) is 6.92 Å². The lowest BCUT2D eigenvalue weighted by atomic mass is 10.2. The second-order valence-electron chi connectivity index (χ2n) is 5.80. The summed E-state index contributed by atoms with van der Waals surface area (Å²) in [5.41, 5.74) is 2.70. The van der Waals surface area contributed by atoms with Gasteiger partial charge in [-0.05, 0) is 12.5 Å². The molecule has 0 atom stereocenters. The average Bonchev–Trinajstić information content (AvgIpc) is 2.95. The maximum Gasteiger partial charge on any atom is 0.323 e. The summed E-state index contributed by atoms with van der Waals surface area (Å²) in [6.07, 6.45) is 4.86. The Morgan fingerprint density at radius 3 is 2.76 bits per heavy atom. The summed E-state index contributed by atoms with van der Waals surface area (Å²) in [7, 11) is 1.72. The van der Waals surface area contributed by atoms with Crippen molar-refractivity contribution in [1.82, 2.24) is 24.6 Å². The molecule has 0 unspecified atom stereocenters. The van der Waals surface area contributed by atoms with Crippen LogP contribution in [0.4, 0.5) is 10.6 Å². The molecule has 0 fully saturated rings. The molecule has 0 aliphatic rings. The van der Waals surface area contributed by atoms with E-state index in [1.165, 1.54) is 0 Å². The molecule has 0 bridgehead atoms. The predicted molar refractivity (Wildman–Crippen MR) is 95.0 cm³/mol. The van der Waals surface area contributed by atoms with Crippen LogP contribution in [0.2, 0.25) is 0 Å². The Kier molecular flexibility index (Phi) is 5.03. The number of anilines is 1. The van der Waals surface area contributed by atoms with E-state index in [9.17, 15) is 4.79 Å². The Morgan fingerprint density at radius 2 is 2.04 bits per heavy atom. The number of aromatic nitrogens is 4. The van der Waals surface area contributed by atoms with Gasteiger partial charge in [-0.25, -0.2) is 9.48 Å². The molecule has 0 aliphatic heterocycles. The molecule has 2 aromatic heterocycles. The van der Waals surface area contributed by atoms with Crippen molar-refractivity contribution in [2.45, 2.75) is 20.0 Å². The highest BCUT2D eigenvalue weighted by Gasteiger charge is 2.14. The van der Waals surface area contributed by atoms with Crippen LogP contribution in [0.15, 0.2) is 55.0 Å². The Hall–Kier alpha value is -3.22. The average molecular weight is 336 g/mol. The van der Waals surface area contributed by atoms with Crippen LogP contribution >= 0.6 is 0 Å². The van der Waals surface area contributed by atoms with E-state index in [-0.39, 0.29) is 6.03 Å². The van der Waals surface area contributed by atoms with E-state index in [0.29, 0.717) is 18.9 Å². The van der Waals surface area contributed by atoms with E-state index in [4.69, 9.17) is 0 Å². The lowest BCUT2D eigenvalue weighted by Gasteiger charge is -2.17. The maximum absolute atomic E-state index is 12.5. The van der Waals surface area contributed by atoms with Gasteiger partial charge in [-0.2, -0.15) is 5.10 Å². The second-order valence-corrected chi connectivity index (χ2v) is 5.80. The molecule has 2 amide bonds. The summed E-state index contributed by atoms with van der Waals surface area (Å²) in [5.74, 6) is 0.664. The fraction of sp³-hybridized carbons (Fsp3) is 0.222. The van der Waals surface area contributed by atoms with E-state index < -0.39 is 0 Å². The Bertz CT molecular complexity index is 831. The third-order valence-corrected chi connectivity index (χ3v) is 3.67. The van der Waals surface area contributed by atoms with Crippen LogP contribution in [0.5, 0.6) is 0 Å². The Labute approximate surface area is 146 Å². The zero-order valence-corrected chi connectivity index (χ0v) is 14.3. The molecular weight excluding hydrogens is 316 g/mol. The van der Waals surface area contributed by atoms with Gasteiger partial charge in [0.25, 0.3) is 0 Å². The minimum atomic E-state index is -0.222. The minimum Gasteiger partial charge on any atom is -0.322 e. The molecular formula is C18H20N6O. The van der Waals surface area contributed by atoms with E-state index in [0.717, 1.165) is 17.0 Å². The number of rotatable bonds is 5. The highest BCUT2D eigenvalue weighted by molar-refractivity contribution is 5.88. The van der Waals surface area contributed by atoms with Gasteiger partial charge in [0, 0.05) is 25.5 Å². The molecule has 1 aromatic carbocycles. The van der Waals surface area contributed by atoms with Crippen LogP contribution < -0.4 is 5.32 Å². The van der Waals surface area contributed by atoms with Gasteiger partial charge in [0.15, 0.2) is 0 Å². The first-order valence-corrected chi connectivity index (χ1v) is 7.97. The number of nitrogens with one attached hydrogen (secondary N) is 1. The topological polar surface area (TPSA) is 75.9 Å². The van der Waals surface area contributed by atoms with Gasteiger partial charge in [0.1, 0.15) is 5.82 Å². The van der Waals surface area contributed by atoms with Crippen LogP contribution in [-0.2, 0) is 13.1 Å². The second kappa shape index (κ2) is 7.57. The number of amides is 2. The third kappa shape index (κ3) is 4.41. The molecule has 2 heterocycles. The van der Waals surface area contributed by atoms with Gasteiger partial charge in [-0.1, -0.05) is 30.3 Å². The molecule has 0 saturated carbocycles. The summed E-state index contributed by atoms with van der Waals surface area (Å²) in [6.45, 7) is 2.88. The van der Waals surface area contributed by atoms with E-state index in [1.54, 1.807) is 35.2 Å². The van der Waals surface area contributed by atoms with E-state index >= 15 is 0 Å². The van der Waals surface area contributed by atoms with Gasteiger partial charge in [-0.3, -0.25) is 15.3 Å². The quantitative estimate of drug-likeness (QED) is 0.777. The zero-order chi connectivity index (χ0) is 17.6. The molecule has 0 spiro atoms. The van der Waals surface area contributed by atoms with Crippen molar-refractivity contribution in [3.63, 3.8) is 0 Å². The highest BCUT2D eigenvalue weighted by atomic mass is 16.2. The number of hydrogen-bond acceptors (Lipinski definition) is 4. The third-order valence-electron chi connectivity index (χ3n) is 3.67. The van der Waals surface area contributed by atoms with Crippen molar-refractivity contribution >= 4 is 11.8 Å². The van der Waals surface area contributed by atoms with Crippen LogP contribution in [0.25, 0.3) is 0 Å². The number of urea groups is 1. The standard InChI is InChI=1S/C18H20N6O/c1-14-10-17(24(22-14)12-15-6-4-3-5-7-15)21-18(25)23(2)13-16-11-19-8-9-20-16/h3-11H,12-13H2,1-2H3,(H,21,25). The van der Waals surface area contributed by atoms with Crippen LogP contribution in [-0.4, -0.2) is 37.7 Å². The first-order valence-electron chi connectivity index (χ1n) is 7.97. The number of benzene rings is 1. The summed E-state index contributed by atoms with van der Waals surface area (Å²) >= 11 is 0. The molecule has 0 radical (unpaired) electrons. The van der Waals surface area contributed by atoms with Crippen molar-refractivity contribution in [3.8, 4) is 0 Å². The fourth-order valence-electron chi connectivity index (χ4n) is 2.45. The molecule has 1 N–H and O–H groups in total. The normalized spacial score (nSPS) is 10.5. The molecule has 3 rings (SSSR count). The number of aryl methyl sites for hydroxylation is 1. The zero-order valence-electron chi connectivity index (χ0n) is 14.3. The van der Waals surface area contributed by atoms with Gasteiger partial charge >= 0.3 is 6.03 Å². The van der Waals surface area contributed by atoms with Gasteiger partial charge in [0.05, 0.1) is 30.7 Å². The summed E-state index contributed by atoms with van der Waals surface area (Å²) in [4.78, 5) is 22.2.